The summed E-state index contributed by atoms with van der Waals surface area (Å²) in [5, 5.41) is 4.05. The molecule has 0 atom stereocenters. The van der Waals surface area contributed by atoms with Crippen LogP contribution in [0.4, 0.5) is 13.2 Å². The Morgan fingerprint density at radius 3 is 2.64 bits per heavy atom. The standard InChI is InChI=1S/C9H7F3N2/c1-14-5-6-7(9(10,11)12)3-2-4-8(6)13-14/h2-5H,1H3. The van der Waals surface area contributed by atoms with E-state index in [1.807, 2.05) is 0 Å². The molecule has 0 N–H and O–H groups in total. The summed E-state index contributed by atoms with van der Waals surface area (Å²) in [6, 6.07) is 3.98. The summed E-state index contributed by atoms with van der Waals surface area (Å²) in [7, 11) is 1.60. The third kappa shape index (κ3) is 1.34. The first-order chi connectivity index (χ1) is 6.48. The molecule has 14 heavy (non-hydrogen) atoms. The average Bonchev–Trinajstić information content (AvgIpc) is 2.41. The monoisotopic (exact) mass is 200 g/mol. The van der Waals surface area contributed by atoms with Gasteiger partial charge in [-0.25, -0.2) is 0 Å². The van der Waals surface area contributed by atoms with Crippen LogP contribution in [0.5, 0.6) is 0 Å². The van der Waals surface area contributed by atoms with Crippen molar-refractivity contribution in [3.8, 4) is 0 Å². The molecular formula is C9H7F3N2. The number of aromatic nitrogens is 2. The molecule has 0 amide bonds. The fourth-order valence-electron chi connectivity index (χ4n) is 1.41. The van der Waals surface area contributed by atoms with Crippen LogP contribution < -0.4 is 0 Å². The van der Waals surface area contributed by atoms with Gasteiger partial charge in [-0.2, -0.15) is 18.3 Å². The Hall–Kier alpha value is -1.52. The number of alkyl halides is 3. The summed E-state index contributed by atoms with van der Waals surface area (Å²) in [5.74, 6) is 0. The third-order valence-corrected chi connectivity index (χ3v) is 1.97. The van der Waals surface area contributed by atoms with Crippen molar-refractivity contribution in [2.24, 2.45) is 7.05 Å². The Labute approximate surface area is 77.9 Å². The Morgan fingerprint density at radius 1 is 1.29 bits per heavy atom. The van der Waals surface area contributed by atoms with Crippen LogP contribution in [0, 0.1) is 0 Å². The minimum Gasteiger partial charge on any atom is -0.275 e. The van der Waals surface area contributed by atoms with Gasteiger partial charge in [0, 0.05) is 18.6 Å². The first-order valence-corrected chi connectivity index (χ1v) is 3.98. The zero-order chi connectivity index (χ0) is 10.3. The summed E-state index contributed by atoms with van der Waals surface area (Å²) in [4.78, 5) is 0. The van der Waals surface area contributed by atoms with E-state index in [1.165, 1.54) is 16.9 Å². The molecule has 2 aromatic rings. The van der Waals surface area contributed by atoms with Crippen LogP contribution in [0.3, 0.4) is 0 Å². The van der Waals surface area contributed by atoms with Crippen LogP contribution >= 0.6 is 0 Å². The Bertz CT molecular complexity index is 470. The molecule has 0 radical (unpaired) electrons. The third-order valence-electron chi connectivity index (χ3n) is 1.97. The highest BCUT2D eigenvalue weighted by Crippen LogP contribution is 2.34. The molecule has 1 heterocycles. The van der Waals surface area contributed by atoms with E-state index in [4.69, 9.17) is 0 Å². The van der Waals surface area contributed by atoms with Crippen LogP contribution in [-0.4, -0.2) is 9.78 Å². The second-order valence-electron chi connectivity index (χ2n) is 3.04. The number of hydrogen-bond acceptors (Lipinski definition) is 1. The SMILES string of the molecule is Cn1cc2c(C(F)(F)F)cccc2n1. The normalized spacial score (nSPS) is 12.3. The lowest BCUT2D eigenvalue weighted by molar-refractivity contribution is -0.136. The molecule has 74 valence electrons. The van der Waals surface area contributed by atoms with Gasteiger partial charge in [-0.1, -0.05) is 6.07 Å². The van der Waals surface area contributed by atoms with Crippen molar-refractivity contribution in [2.75, 3.05) is 0 Å². The van der Waals surface area contributed by atoms with Gasteiger partial charge in [-0.3, -0.25) is 4.68 Å². The van der Waals surface area contributed by atoms with Gasteiger partial charge in [-0.05, 0) is 12.1 Å². The van der Waals surface area contributed by atoms with Crippen molar-refractivity contribution in [1.29, 1.82) is 0 Å². The van der Waals surface area contributed by atoms with Gasteiger partial charge in [0.25, 0.3) is 0 Å². The molecule has 1 aromatic carbocycles. The molecule has 1 aromatic heterocycles. The smallest absolute Gasteiger partial charge is 0.275 e. The van der Waals surface area contributed by atoms with Crippen LogP contribution in [0.15, 0.2) is 24.4 Å². The summed E-state index contributed by atoms with van der Waals surface area (Å²) in [6.07, 6.45) is -2.94. The molecule has 0 saturated carbocycles. The van der Waals surface area contributed by atoms with E-state index < -0.39 is 11.7 Å². The Kier molecular flexibility index (Phi) is 1.77. The average molecular weight is 200 g/mol. The maximum atomic E-state index is 12.5. The van der Waals surface area contributed by atoms with Crippen molar-refractivity contribution < 1.29 is 13.2 Å². The molecule has 2 rings (SSSR count). The Balaban J connectivity index is 2.77. The molecule has 0 spiro atoms. The van der Waals surface area contributed by atoms with Crippen LogP contribution in [0.1, 0.15) is 5.56 Å². The predicted molar refractivity (Wildman–Crippen MR) is 45.7 cm³/mol. The van der Waals surface area contributed by atoms with Gasteiger partial charge >= 0.3 is 6.18 Å². The van der Waals surface area contributed by atoms with E-state index in [1.54, 1.807) is 13.1 Å². The molecular weight excluding hydrogens is 193 g/mol. The zero-order valence-corrected chi connectivity index (χ0v) is 7.34. The largest absolute Gasteiger partial charge is 0.417 e. The summed E-state index contributed by atoms with van der Waals surface area (Å²) >= 11 is 0. The fourth-order valence-corrected chi connectivity index (χ4v) is 1.41. The first-order valence-electron chi connectivity index (χ1n) is 3.98. The highest BCUT2D eigenvalue weighted by atomic mass is 19.4. The van der Waals surface area contributed by atoms with Crippen molar-refractivity contribution >= 4 is 10.9 Å². The summed E-state index contributed by atoms with van der Waals surface area (Å²) in [6.45, 7) is 0. The highest BCUT2D eigenvalue weighted by molar-refractivity contribution is 5.82. The molecule has 0 unspecified atom stereocenters. The number of fused-ring (bicyclic) bond motifs is 1. The van der Waals surface area contributed by atoms with E-state index >= 15 is 0 Å². The van der Waals surface area contributed by atoms with Crippen molar-refractivity contribution in [3.63, 3.8) is 0 Å². The number of nitrogens with zero attached hydrogens (tertiary/aromatic N) is 2. The molecule has 5 heteroatoms. The van der Waals surface area contributed by atoms with E-state index in [-0.39, 0.29) is 5.39 Å². The van der Waals surface area contributed by atoms with Gasteiger partial charge in [0.2, 0.25) is 0 Å². The van der Waals surface area contributed by atoms with Crippen molar-refractivity contribution in [2.45, 2.75) is 6.18 Å². The Morgan fingerprint density at radius 2 is 2.00 bits per heavy atom. The quantitative estimate of drug-likeness (QED) is 0.639. The topological polar surface area (TPSA) is 17.8 Å². The lowest BCUT2D eigenvalue weighted by atomic mass is 10.1. The summed E-state index contributed by atoms with van der Waals surface area (Å²) in [5.41, 5.74) is -0.273. The van der Waals surface area contributed by atoms with Gasteiger partial charge in [0.1, 0.15) is 0 Å². The van der Waals surface area contributed by atoms with Crippen LogP contribution in [0.25, 0.3) is 10.9 Å². The van der Waals surface area contributed by atoms with Crippen molar-refractivity contribution in [1.82, 2.24) is 9.78 Å². The minimum atomic E-state index is -4.32. The van der Waals surface area contributed by atoms with Gasteiger partial charge < -0.3 is 0 Å². The van der Waals surface area contributed by atoms with Crippen LogP contribution in [-0.2, 0) is 13.2 Å². The lowest BCUT2D eigenvalue weighted by Crippen LogP contribution is -2.04. The molecule has 0 aliphatic carbocycles. The van der Waals surface area contributed by atoms with Gasteiger partial charge in [0.15, 0.2) is 0 Å². The van der Waals surface area contributed by atoms with E-state index in [0.717, 1.165) is 6.07 Å². The fraction of sp³-hybridized carbons (Fsp3) is 0.222. The van der Waals surface area contributed by atoms with E-state index in [2.05, 4.69) is 5.10 Å². The minimum absolute atomic E-state index is 0.141. The molecule has 0 fully saturated rings. The second-order valence-corrected chi connectivity index (χ2v) is 3.04. The molecule has 0 aliphatic rings. The van der Waals surface area contributed by atoms with E-state index in [0.29, 0.717) is 5.52 Å². The lowest BCUT2D eigenvalue weighted by Gasteiger charge is -2.06. The van der Waals surface area contributed by atoms with E-state index in [9.17, 15) is 13.2 Å². The first kappa shape index (κ1) is 9.05. The van der Waals surface area contributed by atoms with Crippen LogP contribution in [0.2, 0.25) is 0 Å². The number of halogens is 3. The van der Waals surface area contributed by atoms with Gasteiger partial charge in [0.05, 0.1) is 11.1 Å². The maximum Gasteiger partial charge on any atom is 0.417 e. The zero-order valence-electron chi connectivity index (χ0n) is 7.34. The molecule has 0 aliphatic heterocycles. The number of rotatable bonds is 0. The maximum absolute atomic E-state index is 12.5. The number of hydrogen-bond donors (Lipinski definition) is 0. The predicted octanol–water partition coefficient (Wildman–Crippen LogP) is 2.59. The van der Waals surface area contributed by atoms with Crippen molar-refractivity contribution in [3.05, 3.63) is 30.0 Å². The van der Waals surface area contributed by atoms with Gasteiger partial charge in [-0.15, -0.1) is 0 Å². The summed E-state index contributed by atoms with van der Waals surface area (Å²) < 4.78 is 38.8. The molecule has 0 bridgehead atoms. The molecule has 0 saturated heterocycles. The number of benzene rings is 1. The second kappa shape index (κ2) is 2.73. The molecule has 2 nitrogen and oxygen atoms in total. The highest BCUT2D eigenvalue weighted by Gasteiger charge is 2.32. The number of aryl methyl sites for hydroxylation is 1.